The summed E-state index contributed by atoms with van der Waals surface area (Å²) in [5.74, 6) is -0.570. The van der Waals surface area contributed by atoms with Gasteiger partial charge in [-0.2, -0.15) is 0 Å². The summed E-state index contributed by atoms with van der Waals surface area (Å²) < 4.78 is 27.8. The van der Waals surface area contributed by atoms with Crippen LogP contribution in [0.3, 0.4) is 0 Å². The zero-order valence-electron chi connectivity index (χ0n) is 15.3. The molecule has 0 spiro atoms. The minimum absolute atomic E-state index is 0.237. The largest absolute Gasteiger partial charge is 0.381 e. The molecule has 1 aliphatic rings. The second-order valence-corrected chi connectivity index (χ2v) is 7.77. The van der Waals surface area contributed by atoms with Crippen LogP contribution in [0.25, 0.3) is 0 Å². The van der Waals surface area contributed by atoms with Crippen LogP contribution in [0.4, 0.5) is 14.5 Å². The van der Waals surface area contributed by atoms with Gasteiger partial charge in [-0.05, 0) is 23.8 Å². The number of aliphatic hydroxyl groups excluding tert-OH is 1. The molecule has 1 N–H and O–H groups in total. The van der Waals surface area contributed by atoms with E-state index >= 15 is 0 Å². The molecule has 1 aromatic heterocycles. The number of rotatable bonds is 5. The average molecular weight is 401 g/mol. The van der Waals surface area contributed by atoms with Crippen LogP contribution in [0, 0.1) is 11.6 Å². The van der Waals surface area contributed by atoms with Gasteiger partial charge in [-0.3, -0.25) is 4.90 Å². The molecule has 3 aromatic rings. The quantitative estimate of drug-likeness (QED) is 0.706. The van der Waals surface area contributed by atoms with E-state index in [2.05, 4.69) is 9.88 Å². The second kappa shape index (κ2) is 8.34. The maximum Gasteiger partial charge on any atom is 0.146 e. The molecule has 2 heterocycles. The Morgan fingerprint density at radius 1 is 1.04 bits per heavy atom. The summed E-state index contributed by atoms with van der Waals surface area (Å²) in [6, 6.07) is 11.3. The lowest BCUT2D eigenvalue weighted by Crippen LogP contribution is -2.46. The van der Waals surface area contributed by atoms with E-state index in [4.69, 9.17) is 0 Å². The van der Waals surface area contributed by atoms with Gasteiger partial charge in [0.05, 0.1) is 5.69 Å². The van der Waals surface area contributed by atoms with Gasteiger partial charge in [0.1, 0.15) is 22.7 Å². The molecule has 1 atom stereocenters. The first-order chi connectivity index (χ1) is 13.6. The van der Waals surface area contributed by atoms with Crippen LogP contribution in [0.1, 0.15) is 22.2 Å². The first kappa shape index (κ1) is 19.0. The first-order valence-corrected chi connectivity index (χ1v) is 10.1. The molecule has 0 bridgehead atoms. The molecule has 2 aromatic carbocycles. The maximum absolute atomic E-state index is 14.7. The highest BCUT2D eigenvalue weighted by Crippen LogP contribution is 2.34. The fourth-order valence-corrected chi connectivity index (χ4v) is 4.21. The molecule has 7 heteroatoms. The Balaban J connectivity index is 1.48. The van der Waals surface area contributed by atoms with Crippen LogP contribution in [0.2, 0.25) is 0 Å². The third-order valence-corrected chi connectivity index (χ3v) is 5.83. The van der Waals surface area contributed by atoms with Crippen molar-refractivity contribution in [2.75, 3.05) is 31.1 Å². The Bertz CT molecular complexity index is 910. The van der Waals surface area contributed by atoms with Gasteiger partial charge in [0.25, 0.3) is 0 Å². The van der Waals surface area contributed by atoms with E-state index in [1.165, 1.54) is 29.5 Å². The summed E-state index contributed by atoms with van der Waals surface area (Å²) in [6.45, 7) is 3.57. The van der Waals surface area contributed by atoms with Crippen LogP contribution in [-0.2, 0) is 6.54 Å². The third-order valence-electron chi connectivity index (χ3n) is 5.01. The summed E-state index contributed by atoms with van der Waals surface area (Å²) in [7, 11) is 0. The number of anilines is 1. The van der Waals surface area contributed by atoms with Crippen LogP contribution < -0.4 is 4.90 Å². The van der Waals surface area contributed by atoms with Crippen molar-refractivity contribution in [1.29, 1.82) is 0 Å². The molecule has 1 aliphatic heterocycles. The maximum atomic E-state index is 14.7. The number of thiazole rings is 1. The number of hydrogen-bond donors (Lipinski definition) is 1. The molecule has 28 heavy (non-hydrogen) atoms. The number of hydrogen-bond acceptors (Lipinski definition) is 5. The van der Waals surface area contributed by atoms with Crippen molar-refractivity contribution in [3.63, 3.8) is 0 Å². The summed E-state index contributed by atoms with van der Waals surface area (Å²) in [4.78, 5) is 8.42. The smallest absolute Gasteiger partial charge is 0.146 e. The molecule has 0 aliphatic carbocycles. The summed E-state index contributed by atoms with van der Waals surface area (Å²) in [5.41, 5.74) is 2.05. The minimum Gasteiger partial charge on any atom is -0.381 e. The second-order valence-electron chi connectivity index (χ2n) is 6.84. The van der Waals surface area contributed by atoms with Crippen LogP contribution in [-0.4, -0.2) is 41.2 Å². The molecule has 0 amide bonds. The van der Waals surface area contributed by atoms with Crippen LogP contribution in [0.5, 0.6) is 0 Å². The van der Waals surface area contributed by atoms with E-state index in [1.54, 1.807) is 35.8 Å². The number of halogens is 2. The van der Waals surface area contributed by atoms with Crippen molar-refractivity contribution in [3.05, 3.63) is 81.8 Å². The van der Waals surface area contributed by atoms with Gasteiger partial charge in [-0.15, -0.1) is 11.3 Å². The molecular formula is C21H21F2N3OS. The highest BCUT2D eigenvalue weighted by molar-refractivity contribution is 7.09. The molecule has 1 fully saturated rings. The summed E-state index contributed by atoms with van der Waals surface area (Å²) in [6.07, 6.45) is 0.694. The normalized spacial score (nSPS) is 16.3. The molecule has 1 saturated heterocycles. The lowest BCUT2D eigenvalue weighted by Gasteiger charge is -2.37. The number of benzene rings is 2. The fourth-order valence-electron chi connectivity index (χ4n) is 3.57. The van der Waals surface area contributed by atoms with Gasteiger partial charge in [0, 0.05) is 49.9 Å². The van der Waals surface area contributed by atoms with E-state index in [0.29, 0.717) is 29.3 Å². The first-order valence-electron chi connectivity index (χ1n) is 9.19. The van der Waals surface area contributed by atoms with E-state index in [1.807, 2.05) is 4.90 Å². The molecule has 4 rings (SSSR count). The Labute approximate surface area is 166 Å². The number of piperazine rings is 1. The van der Waals surface area contributed by atoms with Gasteiger partial charge in [-0.25, -0.2) is 13.8 Å². The molecule has 0 saturated carbocycles. The number of para-hydroxylation sites is 1. The average Bonchev–Trinajstić information content (AvgIpc) is 3.25. The van der Waals surface area contributed by atoms with Gasteiger partial charge in [0.15, 0.2) is 0 Å². The lowest BCUT2D eigenvalue weighted by molar-refractivity contribution is 0.218. The monoisotopic (exact) mass is 401 g/mol. The van der Waals surface area contributed by atoms with Crippen molar-refractivity contribution in [1.82, 2.24) is 9.88 Å². The Morgan fingerprint density at radius 2 is 1.79 bits per heavy atom. The summed E-state index contributed by atoms with van der Waals surface area (Å²) >= 11 is 1.35. The fraction of sp³-hybridized carbons (Fsp3) is 0.286. The van der Waals surface area contributed by atoms with E-state index in [-0.39, 0.29) is 11.6 Å². The predicted octanol–water partition coefficient (Wildman–Crippen LogP) is 3.83. The Hall–Kier alpha value is -2.35. The lowest BCUT2D eigenvalue weighted by atomic mass is 10.0. The van der Waals surface area contributed by atoms with Gasteiger partial charge >= 0.3 is 0 Å². The van der Waals surface area contributed by atoms with Crippen molar-refractivity contribution < 1.29 is 13.9 Å². The minimum atomic E-state index is -0.942. The molecule has 0 radical (unpaired) electrons. The molecule has 4 nitrogen and oxygen atoms in total. The van der Waals surface area contributed by atoms with E-state index in [0.717, 1.165) is 25.2 Å². The standard InChI is InChI=1S/C21H21F2N3OS/c22-16-6-4-15(5-7-16)14-25-9-11-26(12-10-25)19-17(2-1-3-18(19)23)20(27)21-24-8-13-28-21/h1-8,13,20,27H,9-12,14H2. The Kier molecular flexibility index (Phi) is 5.66. The van der Waals surface area contributed by atoms with Crippen LogP contribution >= 0.6 is 11.3 Å². The molecular weight excluding hydrogens is 380 g/mol. The predicted molar refractivity (Wildman–Crippen MR) is 106 cm³/mol. The molecule has 146 valence electrons. The number of aromatic nitrogens is 1. The number of nitrogens with zero attached hydrogens (tertiary/aromatic N) is 3. The van der Waals surface area contributed by atoms with Gasteiger partial charge in [-0.1, -0.05) is 24.3 Å². The van der Waals surface area contributed by atoms with E-state index < -0.39 is 6.10 Å². The van der Waals surface area contributed by atoms with Crippen molar-refractivity contribution >= 4 is 17.0 Å². The van der Waals surface area contributed by atoms with Gasteiger partial charge < -0.3 is 10.0 Å². The SMILES string of the molecule is OC(c1nccs1)c1cccc(F)c1N1CCN(Cc2ccc(F)cc2)CC1. The van der Waals surface area contributed by atoms with Crippen molar-refractivity contribution in [2.24, 2.45) is 0 Å². The Morgan fingerprint density at radius 3 is 2.46 bits per heavy atom. The summed E-state index contributed by atoms with van der Waals surface area (Å²) in [5, 5.41) is 13.1. The number of aliphatic hydroxyl groups is 1. The van der Waals surface area contributed by atoms with Gasteiger partial charge in [0.2, 0.25) is 0 Å². The third kappa shape index (κ3) is 4.06. The highest BCUT2D eigenvalue weighted by Gasteiger charge is 2.26. The molecule has 1 unspecified atom stereocenters. The zero-order chi connectivity index (χ0) is 19.5. The van der Waals surface area contributed by atoms with E-state index in [9.17, 15) is 13.9 Å². The topological polar surface area (TPSA) is 39.6 Å². The van der Waals surface area contributed by atoms with Crippen molar-refractivity contribution in [2.45, 2.75) is 12.6 Å². The van der Waals surface area contributed by atoms with Crippen LogP contribution in [0.15, 0.2) is 54.0 Å². The highest BCUT2D eigenvalue weighted by atomic mass is 32.1. The van der Waals surface area contributed by atoms with Crippen molar-refractivity contribution in [3.8, 4) is 0 Å². The zero-order valence-corrected chi connectivity index (χ0v) is 16.1.